The lowest BCUT2D eigenvalue weighted by Gasteiger charge is -2.12. The first kappa shape index (κ1) is 11.7. The second-order valence-corrected chi connectivity index (χ2v) is 4.48. The quantitative estimate of drug-likeness (QED) is 0.879. The van der Waals surface area contributed by atoms with E-state index in [1.165, 1.54) is 0 Å². The highest BCUT2D eigenvalue weighted by Crippen LogP contribution is 2.33. The van der Waals surface area contributed by atoms with Crippen molar-refractivity contribution in [1.29, 1.82) is 0 Å². The summed E-state index contributed by atoms with van der Waals surface area (Å²) in [4.78, 5) is 10.6. The molecule has 2 N–H and O–H groups in total. The molecule has 0 saturated carbocycles. The van der Waals surface area contributed by atoms with Gasteiger partial charge in [0.15, 0.2) is 6.10 Å². The van der Waals surface area contributed by atoms with Crippen molar-refractivity contribution >= 4 is 37.8 Å². The molecule has 0 radical (unpaired) electrons. The molecule has 0 heterocycles. The Morgan fingerprint density at radius 3 is 2.50 bits per heavy atom. The second-order valence-electron chi connectivity index (χ2n) is 2.83. The summed E-state index contributed by atoms with van der Waals surface area (Å²) < 4.78 is 1.30. The number of aryl methyl sites for hydroxylation is 1. The number of carbonyl (C=O) groups is 1. The third-order valence-corrected chi connectivity index (χ3v) is 3.91. The maximum Gasteiger partial charge on any atom is 0.337 e. The highest BCUT2D eigenvalue weighted by atomic mass is 79.9. The molecule has 1 aromatic carbocycles. The fourth-order valence-corrected chi connectivity index (χ4v) is 2.13. The van der Waals surface area contributed by atoms with Crippen LogP contribution in [0, 0.1) is 6.92 Å². The SMILES string of the molecule is Cc1ccc(Br)c(Br)c1C(O)C(=O)O. The molecule has 0 saturated heterocycles. The van der Waals surface area contributed by atoms with Gasteiger partial charge in [-0.15, -0.1) is 0 Å². The van der Waals surface area contributed by atoms with E-state index in [-0.39, 0.29) is 0 Å². The summed E-state index contributed by atoms with van der Waals surface area (Å²) in [5.74, 6) is -1.26. The standard InChI is InChI=1S/C9H8Br2O3/c1-4-2-3-5(10)7(11)6(4)8(12)9(13)14/h2-3,8,12H,1H3,(H,13,14). The van der Waals surface area contributed by atoms with Crippen molar-refractivity contribution in [2.24, 2.45) is 0 Å². The number of aliphatic hydroxyl groups excluding tert-OH is 1. The van der Waals surface area contributed by atoms with Crippen molar-refractivity contribution in [2.45, 2.75) is 13.0 Å². The molecule has 0 fully saturated rings. The summed E-state index contributed by atoms with van der Waals surface area (Å²) in [7, 11) is 0. The topological polar surface area (TPSA) is 57.5 Å². The molecule has 0 aromatic heterocycles. The van der Waals surface area contributed by atoms with Gasteiger partial charge in [0.25, 0.3) is 0 Å². The predicted octanol–water partition coefficient (Wildman–Crippen LogP) is 2.64. The molecule has 1 atom stereocenters. The minimum Gasteiger partial charge on any atom is -0.479 e. The molecule has 1 unspecified atom stereocenters. The van der Waals surface area contributed by atoms with E-state index in [0.717, 1.165) is 10.0 Å². The van der Waals surface area contributed by atoms with Crippen LogP contribution in [0.5, 0.6) is 0 Å². The summed E-state index contributed by atoms with van der Waals surface area (Å²) in [6, 6.07) is 3.54. The Balaban J connectivity index is 3.32. The summed E-state index contributed by atoms with van der Waals surface area (Å²) in [5.41, 5.74) is 1.11. The summed E-state index contributed by atoms with van der Waals surface area (Å²) >= 11 is 6.48. The van der Waals surface area contributed by atoms with Crippen molar-refractivity contribution in [3.8, 4) is 0 Å². The lowest BCUT2D eigenvalue weighted by atomic mass is 10.0. The van der Waals surface area contributed by atoms with Crippen LogP contribution < -0.4 is 0 Å². The first-order chi connectivity index (χ1) is 6.45. The average molecular weight is 324 g/mol. The molecule has 5 heteroatoms. The van der Waals surface area contributed by atoms with Crippen molar-refractivity contribution in [2.75, 3.05) is 0 Å². The van der Waals surface area contributed by atoms with E-state index in [2.05, 4.69) is 31.9 Å². The highest BCUT2D eigenvalue weighted by molar-refractivity contribution is 9.13. The molecule has 0 aliphatic heterocycles. The smallest absolute Gasteiger partial charge is 0.337 e. The Labute approximate surface area is 98.0 Å². The van der Waals surface area contributed by atoms with Crippen molar-refractivity contribution in [1.82, 2.24) is 0 Å². The lowest BCUT2D eigenvalue weighted by molar-refractivity contribution is -0.147. The first-order valence-electron chi connectivity index (χ1n) is 3.80. The van der Waals surface area contributed by atoms with Crippen molar-refractivity contribution in [3.63, 3.8) is 0 Å². The van der Waals surface area contributed by atoms with Gasteiger partial charge in [-0.05, 0) is 50.4 Å². The van der Waals surface area contributed by atoms with Crippen LogP contribution in [0.1, 0.15) is 17.2 Å². The zero-order chi connectivity index (χ0) is 10.9. The van der Waals surface area contributed by atoms with Crippen LogP contribution in [0.3, 0.4) is 0 Å². The normalized spacial score (nSPS) is 12.6. The minimum atomic E-state index is -1.50. The third-order valence-electron chi connectivity index (χ3n) is 1.86. The van der Waals surface area contributed by atoms with Crippen LogP contribution in [0.4, 0.5) is 0 Å². The monoisotopic (exact) mass is 322 g/mol. The van der Waals surface area contributed by atoms with Crippen LogP contribution in [-0.2, 0) is 4.79 Å². The van der Waals surface area contributed by atoms with Gasteiger partial charge in [0.05, 0.1) is 0 Å². The molecule has 76 valence electrons. The molecule has 0 amide bonds. The Kier molecular flexibility index (Phi) is 3.69. The number of carboxylic acid groups (broad SMARTS) is 1. The Morgan fingerprint density at radius 2 is 2.00 bits per heavy atom. The van der Waals surface area contributed by atoms with E-state index in [1.807, 2.05) is 0 Å². The van der Waals surface area contributed by atoms with Gasteiger partial charge >= 0.3 is 5.97 Å². The molecule has 0 spiro atoms. The number of halogens is 2. The van der Waals surface area contributed by atoms with Gasteiger partial charge < -0.3 is 10.2 Å². The predicted molar refractivity (Wildman–Crippen MR) is 59.2 cm³/mol. The zero-order valence-electron chi connectivity index (χ0n) is 7.29. The fraction of sp³-hybridized carbons (Fsp3) is 0.222. The Bertz CT molecular complexity index is 377. The summed E-state index contributed by atoms with van der Waals surface area (Å²) in [6.07, 6.45) is -1.50. The van der Waals surface area contributed by atoms with E-state index >= 15 is 0 Å². The average Bonchev–Trinajstić information content (AvgIpc) is 2.12. The van der Waals surface area contributed by atoms with E-state index in [4.69, 9.17) is 5.11 Å². The highest BCUT2D eigenvalue weighted by Gasteiger charge is 2.21. The van der Waals surface area contributed by atoms with Gasteiger partial charge in [-0.2, -0.15) is 0 Å². The second kappa shape index (κ2) is 4.42. The third kappa shape index (κ3) is 2.16. The maximum atomic E-state index is 10.6. The van der Waals surface area contributed by atoms with E-state index in [0.29, 0.717) is 10.0 Å². The molecule has 0 aliphatic carbocycles. The molecule has 1 aromatic rings. The largest absolute Gasteiger partial charge is 0.479 e. The molecule has 3 nitrogen and oxygen atoms in total. The van der Waals surface area contributed by atoms with Crippen molar-refractivity contribution in [3.05, 3.63) is 32.2 Å². The number of hydrogen-bond donors (Lipinski definition) is 2. The van der Waals surface area contributed by atoms with Gasteiger partial charge in [0.2, 0.25) is 0 Å². The van der Waals surface area contributed by atoms with Crippen LogP contribution in [0.15, 0.2) is 21.1 Å². The van der Waals surface area contributed by atoms with Crippen molar-refractivity contribution < 1.29 is 15.0 Å². The molecule has 0 bridgehead atoms. The number of aliphatic hydroxyl groups is 1. The van der Waals surface area contributed by atoms with Gasteiger partial charge in [-0.3, -0.25) is 0 Å². The molecule has 1 rings (SSSR count). The van der Waals surface area contributed by atoms with Gasteiger partial charge in [-0.1, -0.05) is 6.07 Å². The van der Waals surface area contributed by atoms with Crippen LogP contribution in [0.25, 0.3) is 0 Å². The van der Waals surface area contributed by atoms with Gasteiger partial charge in [0.1, 0.15) is 0 Å². The molecule has 0 aliphatic rings. The minimum absolute atomic E-state index is 0.381. The summed E-state index contributed by atoms with van der Waals surface area (Å²) in [6.45, 7) is 1.75. The first-order valence-corrected chi connectivity index (χ1v) is 5.39. The van der Waals surface area contributed by atoms with E-state index in [9.17, 15) is 9.90 Å². The van der Waals surface area contributed by atoms with Gasteiger partial charge in [-0.25, -0.2) is 4.79 Å². The van der Waals surface area contributed by atoms with E-state index < -0.39 is 12.1 Å². The van der Waals surface area contributed by atoms with Crippen LogP contribution >= 0.6 is 31.9 Å². The number of hydrogen-bond acceptors (Lipinski definition) is 2. The Hall–Kier alpha value is -0.390. The number of rotatable bonds is 2. The molecular weight excluding hydrogens is 316 g/mol. The Morgan fingerprint density at radius 1 is 1.43 bits per heavy atom. The van der Waals surface area contributed by atoms with Crippen LogP contribution in [0.2, 0.25) is 0 Å². The fourth-order valence-electron chi connectivity index (χ4n) is 1.12. The van der Waals surface area contributed by atoms with Crippen LogP contribution in [-0.4, -0.2) is 16.2 Å². The molecule has 14 heavy (non-hydrogen) atoms. The van der Waals surface area contributed by atoms with Gasteiger partial charge in [0, 0.05) is 14.5 Å². The van der Waals surface area contributed by atoms with E-state index in [1.54, 1.807) is 19.1 Å². The summed E-state index contributed by atoms with van der Waals surface area (Å²) in [5, 5.41) is 18.1. The number of carboxylic acids is 1. The number of aliphatic carboxylic acids is 1. The number of benzene rings is 1. The lowest BCUT2D eigenvalue weighted by Crippen LogP contribution is -2.12. The zero-order valence-corrected chi connectivity index (χ0v) is 10.5. The molecular formula is C9H8Br2O3. The maximum absolute atomic E-state index is 10.6.